The average molecular weight is 319 g/mol. The Morgan fingerprint density at radius 2 is 1.91 bits per heavy atom. The molecule has 0 radical (unpaired) electrons. The van der Waals surface area contributed by atoms with Crippen molar-refractivity contribution >= 4 is 5.97 Å². The molecule has 3 N–H and O–H groups in total. The predicted molar refractivity (Wildman–Crippen MR) is 88.0 cm³/mol. The molecule has 0 aromatic heterocycles. The Kier molecular flexibility index (Phi) is 6.04. The molecule has 126 valence electrons. The number of aliphatic hydroxyl groups excluding tert-OH is 1. The van der Waals surface area contributed by atoms with Gasteiger partial charge in [0, 0.05) is 17.7 Å². The van der Waals surface area contributed by atoms with E-state index in [1.165, 1.54) is 13.2 Å². The number of hydrogen-bond acceptors (Lipinski definition) is 5. The number of carbonyl (C=O) groups is 1. The largest absolute Gasteiger partial charge is 0.497 e. The fraction of sp³-hybridized carbons (Fsp3) is 0.500. The van der Waals surface area contributed by atoms with Gasteiger partial charge in [0.05, 0.1) is 20.3 Å². The molecular weight excluding hydrogens is 294 g/mol. The number of carbonyl (C=O) groups excluding carboxylic acids is 1. The SMILES string of the molecule is COC(=O)/C=C(\N)[C@H](c1ccc(OC)cc1)[C@H]1CCCC[C@H]1O. The Balaban J connectivity index is 2.36. The zero-order valence-corrected chi connectivity index (χ0v) is 13.7. The van der Waals surface area contributed by atoms with Crippen molar-refractivity contribution in [3.63, 3.8) is 0 Å². The summed E-state index contributed by atoms with van der Waals surface area (Å²) in [5.74, 6) is 0.0619. The summed E-state index contributed by atoms with van der Waals surface area (Å²) in [5.41, 5.74) is 7.60. The van der Waals surface area contributed by atoms with E-state index in [1.807, 2.05) is 24.3 Å². The Labute approximate surface area is 137 Å². The summed E-state index contributed by atoms with van der Waals surface area (Å²) < 4.78 is 9.87. The second-order valence-corrected chi connectivity index (χ2v) is 5.93. The Bertz CT molecular complexity index is 553. The minimum absolute atomic E-state index is 0.00180. The summed E-state index contributed by atoms with van der Waals surface area (Å²) in [4.78, 5) is 11.6. The van der Waals surface area contributed by atoms with E-state index in [0.29, 0.717) is 5.70 Å². The lowest BCUT2D eigenvalue weighted by Crippen LogP contribution is -2.33. The van der Waals surface area contributed by atoms with Crippen LogP contribution in [0.25, 0.3) is 0 Å². The summed E-state index contributed by atoms with van der Waals surface area (Å²) >= 11 is 0. The summed E-state index contributed by atoms with van der Waals surface area (Å²) in [7, 11) is 2.94. The molecule has 1 aliphatic carbocycles. The van der Waals surface area contributed by atoms with Crippen molar-refractivity contribution < 1.29 is 19.4 Å². The quantitative estimate of drug-likeness (QED) is 0.643. The third-order valence-corrected chi connectivity index (χ3v) is 4.53. The number of methoxy groups -OCH3 is 2. The van der Waals surface area contributed by atoms with Gasteiger partial charge in [-0.05, 0) is 36.5 Å². The van der Waals surface area contributed by atoms with Crippen LogP contribution >= 0.6 is 0 Å². The van der Waals surface area contributed by atoms with Crippen molar-refractivity contribution in [1.82, 2.24) is 0 Å². The van der Waals surface area contributed by atoms with Gasteiger partial charge in [-0.1, -0.05) is 25.0 Å². The van der Waals surface area contributed by atoms with Crippen molar-refractivity contribution in [3.8, 4) is 5.75 Å². The first-order chi connectivity index (χ1) is 11.1. The maximum absolute atomic E-state index is 11.6. The highest BCUT2D eigenvalue weighted by Crippen LogP contribution is 2.39. The first-order valence-electron chi connectivity index (χ1n) is 7.93. The Hall–Kier alpha value is -2.01. The molecule has 0 saturated heterocycles. The van der Waals surface area contributed by atoms with Gasteiger partial charge in [0.2, 0.25) is 0 Å². The van der Waals surface area contributed by atoms with Crippen molar-refractivity contribution in [1.29, 1.82) is 0 Å². The normalized spacial score (nSPS) is 23.2. The van der Waals surface area contributed by atoms with E-state index in [9.17, 15) is 9.90 Å². The molecular formula is C18H25NO4. The van der Waals surface area contributed by atoms with Gasteiger partial charge in [0.25, 0.3) is 0 Å². The highest BCUT2D eigenvalue weighted by molar-refractivity contribution is 5.82. The summed E-state index contributed by atoms with van der Waals surface area (Å²) in [6.45, 7) is 0. The smallest absolute Gasteiger partial charge is 0.332 e. The highest BCUT2D eigenvalue weighted by atomic mass is 16.5. The van der Waals surface area contributed by atoms with E-state index in [2.05, 4.69) is 4.74 Å². The number of ether oxygens (including phenoxy) is 2. The van der Waals surface area contributed by atoms with E-state index >= 15 is 0 Å². The van der Waals surface area contributed by atoms with Crippen LogP contribution in [0.15, 0.2) is 36.0 Å². The van der Waals surface area contributed by atoms with Gasteiger partial charge in [-0.15, -0.1) is 0 Å². The maximum Gasteiger partial charge on any atom is 0.332 e. The molecule has 1 saturated carbocycles. The zero-order valence-electron chi connectivity index (χ0n) is 13.7. The molecule has 3 atom stereocenters. The van der Waals surface area contributed by atoms with Crippen molar-refractivity contribution in [2.24, 2.45) is 11.7 Å². The molecule has 1 aromatic carbocycles. The number of esters is 1. The summed E-state index contributed by atoms with van der Waals surface area (Å²) in [5, 5.41) is 10.4. The van der Waals surface area contributed by atoms with Crippen LogP contribution in [0.3, 0.4) is 0 Å². The fourth-order valence-corrected chi connectivity index (χ4v) is 3.31. The maximum atomic E-state index is 11.6. The van der Waals surface area contributed by atoms with Crippen molar-refractivity contribution in [3.05, 3.63) is 41.6 Å². The number of hydrogen-bond donors (Lipinski definition) is 2. The highest BCUT2D eigenvalue weighted by Gasteiger charge is 2.33. The number of rotatable bonds is 5. The molecule has 1 fully saturated rings. The predicted octanol–water partition coefficient (Wildman–Crippen LogP) is 2.35. The van der Waals surface area contributed by atoms with Gasteiger partial charge in [-0.2, -0.15) is 0 Å². The van der Waals surface area contributed by atoms with Crippen LogP contribution < -0.4 is 10.5 Å². The third kappa shape index (κ3) is 4.26. The second kappa shape index (κ2) is 8.02. The Morgan fingerprint density at radius 1 is 1.26 bits per heavy atom. The van der Waals surface area contributed by atoms with Crippen LogP contribution in [0.2, 0.25) is 0 Å². The zero-order chi connectivity index (χ0) is 16.8. The minimum atomic E-state index is -0.480. The summed E-state index contributed by atoms with van der Waals surface area (Å²) in [6.07, 6.45) is 4.63. The molecule has 0 aliphatic heterocycles. The van der Waals surface area contributed by atoms with Crippen LogP contribution in [0.1, 0.15) is 37.2 Å². The van der Waals surface area contributed by atoms with Gasteiger partial charge in [0.15, 0.2) is 0 Å². The molecule has 0 amide bonds. The van der Waals surface area contributed by atoms with Gasteiger partial charge >= 0.3 is 5.97 Å². The Morgan fingerprint density at radius 3 is 2.48 bits per heavy atom. The molecule has 0 spiro atoms. The van der Waals surface area contributed by atoms with Crippen molar-refractivity contribution in [2.75, 3.05) is 14.2 Å². The van der Waals surface area contributed by atoms with Crippen LogP contribution in [0.4, 0.5) is 0 Å². The van der Waals surface area contributed by atoms with Crippen molar-refractivity contribution in [2.45, 2.75) is 37.7 Å². The molecule has 1 aliphatic rings. The number of allylic oxidation sites excluding steroid dienone is 1. The fourth-order valence-electron chi connectivity index (χ4n) is 3.31. The van der Waals surface area contributed by atoms with E-state index in [1.54, 1.807) is 7.11 Å². The molecule has 5 heteroatoms. The van der Waals surface area contributed by atoms with Crippen LogP contribution in [0.5, 0.6) is 5.75 Å². The van der Waals surface area contributed by atoms with Gasteiger partial charge in [0.1, 0.15) is 5.75 Å². The van der Waals surface area contributed by atoms with E-state index in [-0.39, 0.29) is 11.8 Å². The molecule has 5 nitrogen and oxygen atoms in total. The van der Waals surface area contributed by atoms with Crippen LogP contribution in [-0.2, 0) is 9.53 Å². The first-order valence-corrected chi connectivity index (χ1v) is 7.93. The molecule has 0 unspecified atom stereocenters. The van der Waals surface area contributed by atoms with Gasteiger partial charge < -0.3 is 20.3 Å². The summed E-state index contributed by atoms with van der Waals surface area (Å²) in [6, 6.07) is 7.59. The molecule has 23 heavy (non-hydrogen) atoms. The van der Waals surface area contributed by atoms with E-state index in [4.69, 9.17) is 10.5 Å². The monoisotopic (exact) mass is 319 g/mol. The lowest BCUT2D eigenvalue weighted by Gasteiger charge is -2.35. The molecule has 0 bridgehead atoms. The topological polar surface area (TPSA) is 81.8 Å². The average Bonchev–Trinajstić information content (AvgIpc) is 2.57. The lowest BCUT2D eigenvalue weighted by molar-refractivity contribution is -0.134. The first kappa shape index (κ1) is 17.3. The lowest BCUT2D eigenvalue weighted by atomic mass is 9.73. The third-order valence-electron chi connectivity index (χ3n) is 4.53. The van der Waals surface area contributed by atoms with Gasteiger partial charge in [-0.25, -0.2) is 4.79 Å². The van der Waals surface area contributed by atoms with Crippen LogP contribution in [-0.4, -0.2) is 31.4 Å². The van der Waals surface area contributed by atoms with Gasteiger partial charge in [-0.3, -0.25) is 0 Å². The molecule has 2 rings (SSSR count). The minimum Gasteiger partial charge on any atom is -0.497 e. The van der Waals surface area contributed by atoms with Crippen LogP contribution in [0, 0.1) is 5.92 Å². The van der Waals surface area contributed by atoms with E-state index in [0.717, 1.165) is 37.0 Å². The number of aliphatic hydroxyl groups is 1. The molecule has 0 heterocycles. The van der Waals surface area contributed by atoms with E-state index < -0.39 is 12.1 Å². The second-order valence-electron chi connectivity index (χ2n) is 5.93. The number of benzene rings is 1. The number of nitrogens with two attached hydrogens (primary N) is 1. The molecule has 1 aromatic rings. The standard InChI is InChI=1S/C18H25NO4/c1-22-13-9-7-12(8-10-13)18(15(19)11-17(21)23-2)14-5-3-4-6-16(14)20/h7-11,14,16,18,20H,3-6,19H2,1-2H3/b15-11-/t14-,16+,18+/m0/s1.